The topological polar surface area (TPSA) is 79.3 Å². The number of hydrogen-bond donors (Lipinski definition) is 2. The Morgan fingerprint density at radius 2 is 2.03 bits per heavy atom. The molecule has 156 valence electrons. The summed E-state index contributed by atoms with van der Waals surface area (Å²) in [6, 6.07) is 13.3. The molecule has 0 unspecified atom stereocenters. The summed E-state index contributed by atoms with van der Waals surface area (Å²) in [5.41, 5.74) is 3.51. The quantitative estimate of drug-likeness (QED) is 0.638. The SMILES string of the molecule is Cc1nn(-c2ccccc2)c(C)c1[C@H]1C(=O)NCCN1CC(=O)NCc1cccs1. The minimum absolute atomic E-state index is 0.0890. The highest BCUT2D eigenvalue weighted by Gasteiger charge is 2.36. The number of piperazine rings is 1. The smallest absolute Gasteiger partial charge is 0.242 e. The summed E-state index contributed by atoms with van der Waals surface area (Å²) in [5, 5.41) is 12.6. The van der Waals surface area contributed by atoms with Crippen molar-refractivity contribution in [2.24, 2.45) is 0 Å². The molecule has 2 aromatic heterocycles. The van der Waals surface area contributed by atoms with Gasteiger partial charge in [0.1, 0.15) is 6.04 Å². The maximum atomic E-state index is 12.9. The molecule has 0 spiro atoms. The Labute approximate surface area is 179 Å². The zero-order chi connectivity index (χ0) is 21.1. The van der Waals surface area contributed by atoms with Gasteiger partial charge in [0.25, 0.3) is 0 Å². The Bertz CT molecular complexity index is 1030. The van der Waals surface area contributed by atoms with Gasteiger partial charge < -0.3 is 10.6 Å². The van der Waals surface area contributed by atoms with Gasteiger partial charge >= 0.3 is 0 Å². The minimum atomic E-state index is -0.538. The van der Waals surface area contributed by atoms with Crippen molar-refractivity contribution in [3.63, 3.8) is 0 Å². The molecule has 8 heteroatoms. The molecular formula is C22H25N5O2S. The molecule has 2 amide bonds. The standard InChI is InChI=1S/C22H25N5O2S/c1-15-20(16(2)27(25-15)17-7-4-3-5-8-17)21-22(29)23-10-11-26(21)14-19(28)24-13-18-9-6-12-30-18/h3-9,12,21H,10-11,13-14H2,1-2H3,(H,23,29)(H,24,28)/t21-/m0/s1. The summed E-state index contributed by atoms with van der Waals surface area (Å²) in [4.78, 5) is 28.5. The summed E-state index contributed by atoms with van der Waals surface area (Å²) < 4.78 is 1.86. The number of para-hydroxylation sites is 1. The van der Waals surface area contributed by atoms with E-state index in [0.29, 0.717) is 19.6 Å². The highest BCUT2D eigenvalue weighted by Crippen LogP contribution is 2.30. The Kier molecular flexibility index (Phi) is 5.96. The maximum absolute atomic E-state index is 12.9. The summed E-state index contributed by atoms with van der Waals surface area (Å²) in [6.07, 6.45) is 0. The van der Waals surface area contributed by atoms with Crippen LogP contribution in [0.1, 0.15) is 27.9 Å². The van der Waals surface area contributed by atoms with E-state index in [1.807, 2.05) is 71.3 Å². The molecule has 0 bridgehead atoms. The van der Waals surface area contributed by atoms with Crippen molar-refractivity contribution in [2.75, 3.05) is 19.6 Å². The van der Waals surface area contributed by atoms with Crippen molar-refractivity contribution in [2.45, 2.75) is 26.4 Å². The van der Waals surface area contributed by atoms with Crippen molar-refractivity contribution in [3.8, 4) is 5.69 Å². The van der Waals surface area contributed by atoms with Crippen LogP contribution in [0.15, 0.2) is 47.8 Å². The fraction of sp³-hybridized carbons (Fsp3) is 0.318. The largest absolute Gasteiger partial charge is 0.353 e. The molecule has 1 atom stereocenters. The molecule has 4 rings (SSSR count). The minimum Gasteiger partial charge on any atom is -0.353 e. The van der Waals surface area contributed by atoms with Gasteiger partial charge in [-0.25, -0.2) is 4.68 Å². The molecule has 1 aliphatic rings. The molecular weight excluding hydrogens is 398 g/mol. The van der Waals surface area contributed by atoms with Crippen molar-refractivity contribution in [1.82, 2.24) is 25.3 Å². The zero-order valence-corrected chi connectivity index (χ0v) is 17.9. The Hall–Kier alpha value is -2.97. The van der Waals surface area contributed by atoms with Crippen LogP contribution in [-0.2, 0) is 16.1 Å². The van der Waals surface area contributed by atoms with E-state index < -0.39 is 6.04 Å². The van der Waals surface area contributed by atoms with Crippen LogP contribution in [0.2, 0.25) is 0 Å². The highest BCUT2D eigenvalue weighted by atomic mass is 32.1. The number of thiophene rings is 1. The molecule has 1 aliphatic heterocycles. The lowest BCUT2D eigenvalue weighted by Crippen LogP contribution is -2.52. The Morgan fingerprint density at radius 3 is 2.77 bits per heavy atom. The molecule has 0 aliphatic carbocycles. The van der Waals surface area contributed by atoms with E-state index in [-0.39, 0.29) is 18.4 Å². The van der Waals surface area contributed by atoms with Crippen LogP contribution in [0.4, 0.5) is 0 Å². The molecule has 30 heavy (non-hydrogen) atoms. The van der Waals surface area contributed by atoms with Crippen molar-refractivity contribution in [3.05, 3.63) is 69.7 Å². The van der Waals surface area contributed by atoms with Gasteiger partial charge in [-0.1, -0.05) is 24.3 Å². The number of amides is 2. The number of aromatic nitrogens is 2. The molecule has 2 N–H and O–H groups in total. The third kappa shape index (κ3) is 4.15. The number of nitrogens with zero attached hydrogens (tertiary/aromatic N) is 3. The second-order valence-corrected chi connectivity index (χ2v) is 8.38. The van der Waals surface area contributed by atoms with E-state index >= 15 is 0 Å². The summed E-state index contributed by atoms with van der Waals surface area (Å²) in [5.74, 6) is -0.181. The van der Waals surface area contributed by atoms with Gasteiger partial charge in [0, 0.05) is 29.2 Å². The van der Waals surface area contributed by atoms with Crippen LogP contribution < -0.4 is 10.6 Å². The highest BCUT2D eigenvalue weighted by molar-refractivity contribution is 7.09. The first-order valence-electron chi connectivity index (χ1n) is 9.97. The third-order valence-electron chi connectivity index (χ3n) is 5.32. The maximum Gasteiger partial charge on any atom is 0.242 e. The number of hydrogen-bond acceptors (Lipinski definition) is 5. The number of benzene rings is 1. The molecule has 0 radical (unpaired) electrons. The van der Waals surface area contributed by atoms with E-state index in [2.05, 4.69) is 15.7 Å². The molecule has 0 saturated carbocycles. The van der Waals surface area contributed by atoms with Gasteiger partial charge in [0.2, 0.25) is 11.8 Å². The van der Waals surface area contributed by atoms with Gasteiger partial charge in [-0.15, -0.1) is 11.3 Å². The number of nitrogens with one attached hydrogen (secondary N) is 2. The van der Waals surface area contributed by atoms with Gasteiger partial charge in [-0.05, 0) is 37.4 Å². The molecule has 1 aromatic carbocycles. The van der Waals surface area contributed by atoms with Gasteiger partial charge in [0.15, 0.2) is 0 Å². The molecule has 1 saturated heterocycles. The van der Waals surface area contributed by atoms with Crippen LogP contribution in [0.5, 0.6) is 0 Å². The first kappa shape index (κ1) is 20.3. The molecule has 3 aromatic rings. The first-order valence-corrected chi connectivity index (χ1v) is 10.8. The number of carbonyl (C=O) groups is 2. The van der Waals surface area contributed by atoms with Crippen LogP contribution in [0.3, 0.4) is 0 Å². The summed E-state index contributed by atoms with van der Waals surface area (Å²) >= 11 is 1.61. The lowest BCUT2D eigenvalue weighted by molar-refractivity contribution is -0.131. The van der Waals surface area contributed by atoms with Crippen LogP contribution in [0.25, 0.3) is 5.69 Å². The first-order chi connectivity index (χ1) is 14.5. The summed E-state index contributed by atoms with van der Waals surface area (Å²) in [7, 11) is 0. The van der Waals surface area contributed by atoms with Crippen LogP contribution in [-0.4, -0.2) is 46.1 Å². The monoisotopic (exact) mass is 423 g/mol. The Morgan fingerprint density at radius 1 is 1.23 bits per heavy atom. The van der Waals surface area contributed by atoms with Gasteiger partial charge in [-0.3, -0.25) is 14.5 Å². The van der Waals surface area contributed by atoms with Crippen molar-refractivity contribution >= 4 is 23.2 Å². The predicted molar refractivity (Wildman–Crippen MR) is 117 cm³/mol. The number of carbonyl (C=O) groups excluding carboxylic acids is 2. The number of rotatable bonds is 6. The average molecular weight is 424 g/mol. The van der Waals surface area contributed by atoms with E-state index in [0.717, 1.165) is 27.5 Å². The van der Waals surface area contributed by atoms with E-state index in [4.69, 9.17) is 0 Å². The fourth-order valence-corrected chi connectivity index (χ4v) is 4.55. The van der Waals surface area contributed by atoms with Crippen molar-refractivity contribution < 1.29 is 9.59 Å². The lowest BCUT2D eigenvalue weighted by atomic mass is 10.00. The fourth-order valence-electron chi connectivity index (χ4n) is 3.91. The average Bonchev–Trinajstić information content (AvgIpc) is 3.36. The molecule has 7 nitrogen and oxygen atoms in total. The lowest BCUT2D eigenvalue weighted by Gasteiger charge is -2.34. The predicted octanol–water partition coefficient (Wildman–Crippen LogP) is 2.34. The van der Waals surface area contributed by atoms with E-state index in [9.17, 15) is 9.59 Å². The van der Waals surface area contributed by atoms with Gasteiger partial charge in [-0.2, -0.15) is 5.10 Å². The van der Waals surface area contributed by atoms with Crippen molar-refractivity contribution in [1.29, 1.82) is 0 Å². The van der Waals surface area contributed by atoms with E-state index in [1.165, 1.54) is 0 Å². The van der Waals surface area contributed by atoms with Crippen LogP contribution >= 0.6 is 11.3 Å². The zero-order valence-electron chi connectivity index (χ0n) is 17.1. The van der Waals surface area contributed by atoms with Crippen LogP contribution in [0, 0.1) is 13.8 Å². The number of aryl methyl sites for hydroxylation is 1. The third-order valence-corrected chi connectivity index (χ3v) is 6.20. The summed E-state index contributed by atoms with van der Waals surface area (Å²) in [6.45, 7) is 5.69. The molecule has 3 heterocycles. The Balaban J connectivity index is 1.57. The van der Waals surface area contributed by atoms with E-state index in [1.54, 1.807) is 11.3 Å². The van der Waals surface area contributed by atoms with Gasteiger partial charge in [0.05, 0.1) is 24.5 Å². The molecule has 1 fully saturated rings. The second kappa shape index (κ2) is 8.81. The second-order valence-electron chi connectivity index (χ2n) is 7.35. The normalized spacial score (nSPS) is 17.0.